The summed E-state index contributed by atoms with van der Waals surface area (Å²) in [4.78, 5) is 10.0. The van der Waals surface area contributed by atoms with E-state index in [9.17, 15) is 4.79 Å². The second-order valence-corrected chi connectivity index (χ2v) is 2.45. The number of aliphatic hydroxyl groups is 2. The number of hydrogen-bond acceptors (Lipinski definition) is 3. The van der Waals surface area contributed by atoms with E-state index in [0.717, 1.165) is 0 Å². The zero-order valence-electron chi connectivity index (χ0n) is 6.36. The number of rotatable bonds is 6. The minimum absolute atomic E-state index is 0.00735. The van der Waals surface area contributed by atoms with Gasteiger partial charge in [0, 0.05) is 13.0 Å². The molecule has 0 aliphatic heterocycles. The van der Waals surface area contributed by atoms with Gasteiger partial charge in [-0.3, -0.25) is 4.79 Å². The molecular weight excluding hydrogens is 148 g/mol. The Morgan fingerprint density at radius 2 is 2.00 bits per heavy atom. The van der Waals surface area contributed by atoms with Gasteiger partial charge >= 0.3 is 5.97 Å². The van der Waals surface area contributed by atoms with Crippen LogP contribution < -0.4 is 0 Å². The van der Waals surface area contributed by atoms with E-state index in [2.05, 4.69) is 0 Å². The molecule has 0 aromatic carbocycles. The maximum absolute atomic E-state index is 10.0. The first-order valence-corrected chi connectivity index (χ1v) is 3.67. The lowest BCUT2D eigenvalue weighted by molar-refractivity contribution is -0.137. The summed E-state index contributed by atoms with van der Waals surface area (Å²) < 4.78 is 0. The molecule has 0 aromatic rings. The molecule has 1 atom stereocenters. The third-order valence-electron chi connectivity index (χ3n) is 1.39. The minimum Gasteiger partial charge on any atom is -0.481 e. The van der Waals surface area contributed by atoms with Gasteiger partial charge < -0.3 is 15.3 Å². The van der Waals surface area contributed by atoms with Gasteiger partial charge in [-0.15, -0.1) is 0 Å². The quantitative estimate of drug-likeness (QED) is 0.513. The Hall–Kier alpha value is -0.610. The first-order valence-electron chi connectivity index (χ1n) is 3.67. The summed E-state index contributed by atoms with van der Waals surface area (Å²) in [5.41, 5.74) is 0. The van der Waals surface area contributed by atoms with Crippen molar-refractivity contribution in [2.45, 2.75) is 31.8 Å². The number of carboxylic acid groups (broad SMARTS) is 1. The highest BCUT2D eigenvalue weighted by atomic mass is 16.4. The van der Waals surface area contributed by atoms with Crippen LogP contribution in [0.5, 0.6) is 0 Å². The molecular formula is C7H14O4. The fourth-order valence-electron chi connectivity index (χ4n) is 0.761. The van der Waals surface area contributed by atoms with E-state index in [-0.39, 0.29) is 19.4 Å². The average molecular weight is 162 g/mol. The normalized spacial score (nSPS) is 12.9. The molecule has 0 aromatic heterocycles. The van der Waals surface area contributed by atoms with Crippen LogP contribution in [0.4, 0.5) is 0 Å². The molecule has 0 heterocycles. The zero-order chi connectivity index (χ0) is 8.69. The molecule has 4 heteroatoms. The third kappa shape index (κ3) is 7.29. The van der Waals surface area contributed by atoms with Crippen LogP contribution in [0.15, 0.2) is 0 Å². The van der Waals surface area contributed by atoms with Gasteiger partial charge in [0.1, 0.15) is 0 Å². The number of aliphatic hydroxyl groups excluding tert-OH is 2. The van der Waals surface area contributed by atoms with E-state index in [1.165, 1.54) is 0 Å². The maximum atomic E-state index is 10.0. The number of carbonyl (C=O) groups is 1. The Balaban J connectivity index is 3.22. The van der Waals surface area contributed by atoms with Gasteiger partial charge in [0.05, 0.1) is 6.10 Å². The molecule has 0 spiro atoms. The van der Waals surface area contributed by atoms with Crippen molar-refractivity contribution in [3.05, 3.63) is 0 Å². The first kappa shape index (κ1) is 10.4. The van der Waals surface area contributed by atoms with Crippen LogP contribution in [0.25, 0.3) is 0 Å². The van der Waals surface area contributed by atoms with Gasteiger partial charge in [-0.1, -0.05) is 0 Å². The molecule has 3 N–H and O–H groups in total. The number of aliphatic carboxylic acids is 1. The smallest absolute Gasteiger partial charge is 0.303 e. The first-order chi connectivity index (χ1) is 5.16. The highest BCUT2D eigenvalue weighted by Gasteiger charge is 2.05. The molecule has 0 bridgehead atoms. The van der Waals surface area contributed by atoms with Crippen molar-refractivity contribution >= 4 is 5.97 Å². The molecule has 0 radical (unpaired) electrons. The molecule has 0 aliphatic carbocycles. The average Bonchev–Trinajstić information content (AvgIpc) is 1.97. The summed E-state index contributed by atoms with van der Waals surface area (Å²) in [6.45, 7) is 0.0458. The summed E-state index contributed by atoms with van der Waals surface area (Å²) >= 11 is 0. The number of carboxylic acids is 1. The molecule has 66 valence electrons. The lowest BCUT2D eigenvalue weighted by Gasteiger charge is -2.06. The summed E-state index contributed by atoms with van der Waals surface area (Å²) in [7, 11) is 0. The van der Waals surface area contributed by atoms with Crippen LogP contribution in [0, 0.1) is 0 Å². The molecule has 0 fully saturated rings. The van der Waals surface area contributed by atoms with Crippen molar-refractivity contribution in [2.24, 2.45) is 0 Å². The van der Waals surface area contributed by atoms with E-state index < -0.39 is 12.1 Å². The van der Waals surface area contributed by atoms with Crippen molar-refractivity contribution in [2.75, 3.05) is 6.61 Å². The summed E-state index contributed by atoms with van der Waals surface area (Å²) in [5.74, 6) is -0.895. The molecule has 0 saturated heterocycles. The van der Waals surface area contributed by atoms with Gasteiger partial charge in [-0.05, 0) is 19.3 Å². The largest absolute Gasteiger partial charge is 0.481 e. The topological polar surface area (TPSA) is 77.8 Å². The van der Waals surface area contributed by atoms with E-state index >= 15 is 0 Å². The van der Waals surface area contributed by atoms with Crippen molar-refractivity contribution in [3.8, 4) is 0 Å². The van der Waals surface area contributed by atoms with Crippen molar-refractivity contribution in [1.82, 2.24) is 0 Å². The predicted octanol–water partition coefficient (Wildman–Crippen LogP) is -0.0154. The van der Waals surface area contributed by atoms with Gasteiger partial charge in [0.25, 0.3) is 0 Å². The van der Waals surface area contributed by atoms with Gasteiger partial charge in [0.15, 0.2) is 0 Å². The molecule has 1 unspecified atom stereocenters. The van der Waals surface area contributed by atoms with Crippen LogP contribution in [-0.4, -0.2) is 34.0 Å². The Morgan fingerprint density at radius 3 is 2.45 bits per heavy atom. The molecule has 0 rings (SSSR count). The highest BCUT2D eigenvalue weighted by Crippen LogP contribution is 2.03. The van der Waals surface area contributed by atoms with Crippen molar-refractivity contribution in [3.63, 3.8) is 0 Å². The molecule has 0 saturated carbocycles. The fourth-order valence-corrected chi connectivity index (χ4v) is 0.761. The van der Waals surface area contributed by atoms with Crippen LogP contribution in [0.3, 0.4) is 0 Å². The van der Waals surface area contributed by atoms with E-state index in [1.54, 1.807) is 0 Å². The highest BCUT2D eigenvalue weighted by molar-refractivity contribution is 5.66. The molecule has 11 heavy (non-hydrogen) atoms. The Morgan fingerprint density at radius 1 is 1.36 bits per heavy atom. The Bertz CT molecular complexity index is 113. The van der Waals surface area contributed by atoms with Crippen molar-refractivity contribution < 1.29 is 20.1 Å². The molecule has 0 amide bonds. The summed E-state index contributed by atoms with van der Waals surface area (Å²) in [6, 6.07) is 0. The monoisotopic (exact) mass is 162 g/mol. The van der Waals surface area contributed by atoms with Crippen LogP contribution in [0.1, 0.15) is 25.7 Å². The summed E-state index contributed by atoms with van der Waals surface area (Å²) in [6.07, 6.45) is 0.685. The third-order valence-corrected chi connectivity index (χ3v) is 1.39. The Kier molecular flexibility index (Phi) is 5.78. The fraction of sp³-hybridized carbons (Fsp3) is 0.857. The second-order valence-electron chi connectivity index (χ2n) is 2.45. The predicted molar refractivity (Wildman–Crippen MR) is 39.2 cm³/mol. The summed E-state index contributed by atoms with van der Waals surface area (Å²) in [5, 5.41) is 25.6. The second kappa shape index (κ2) is 6.12. The minimum atomic E-state index is -0.895. The van der Waals surface area contributed by atoms with E-state index in [1.807, 2.05) is 0 Å². The van der Waals surface area contributed by atoms with Crippen LogP contribution >= 0.6 is 0 Å². The molecule has 4 nitrogen and oxygen atoms in total. The van der Waals surface area contributed by atoms with Crippen LogP contribution in [0.2, 0.25) is 0 Å². The lowest BCUT2D eigenvalue weighted by atomic mass is 10.1. The standard InChI is InChI=1S/C7H14O4/c8-5-1-2-6(9)3-4-7(10)11/h6,8-9H,1-5H2,(H,10,11). The zero-order valence-corrected chi connectivity index (χ0v) is 6.36. The number of hydrogen-bond donors (Lipinski definition) is 3. The lowest BCUT2D eigenvalue weighted by Crippen LogP contribution is -2.09. The van der Waals surface area contributed by atoms with Gasteiger partial charge in [-0.25, -0.2) is 0 Å². The molecule has 0 aliphatic rings. The maximum Gasteiger partial charge on any atom is 0.303 e. The van der Waals surface area contributed by atoms with Crippen molar-refractivity contribution in [1.29, 1.82) is 0 Å². The van der Waals surface area contributed by atoms with E-state index in [0.29, 0.717) is 12.8 Å². The van der Waals surface area contributed by atoms with Crippen LogP contribution in [-0.2, 0) is 4.79 Å². The van der Waals surface area contributed by atoms with Gasteiger partial charge in [0.2, 0.25) is 0 Å². The van der Waals surface area contributed by atoms with Gasteiger partial charge in [-0.2, -0.15) is 0 Å². The van der Waals surface area contributed by atoms with E-state index in [4.69, 9.17) is 15.3 Å². The Labute approximate surface area is 65.5 Å². The SMILES string of the molecule is O=C(O)CCC(O)CCCO.